The van der Waals surface area contributed by atoms with E-state index in [1.165, 1.54) is 36.0 Å². The van der Waals surface area contributed by atoms with E-state index >= 15 is 0 Å². The van der Waals surface area contributed by atoms with Gasteiger partial charge < -0.3 is 9.15 Å². The minimum atomic E-state index is -0.526. The maximum Gasteiger partial charge on any atom is 0.336 e. The van der Waals surface area contributed by atoms with Crippen LogP contribution in [-0.2, 0) is 4.79 Å². The standard InChI is InChI=1S/C19H14N2O4S/c22-18(9-8-15-6-2-10-24-15)25-16-5-1-4-14(12-16)13-20-21-19(23)17-7-3-11-26-17/h1-13H,(H,21,23). The summed E-state index contributed by atoms with van der Waals surface area (Å²) in [6.07, 6.45) is 5.79. The number of nitrogens with zero attached hydrogens (tertiary/aromatic N) is 1. The van der Waals surface area contributed by atoms with Crippen LogP contribution in [0.15, 0.2) is 75.8 Å². The number of ether oxygens (including phenoxy) is 1. The Balaban J connectivity index is 1.56. The van der Waals surface area contributed by atoms with Crippen LogP contribution in [0, 0.1) is 0 Å². The minimum absolute atomic E-state index is 0.276. The van der Waals surface area contributed by atoms with Crippen LogP contribution in [0.4, 0.5) is 0 Å². The third-order valence-electron chi connectivity index (χ3n) is 3.13. The highest BCUT2D eigenvalue weighted by molar-refractivity contribution is 7.12. The van der Waals surface area contributed by atoms with E-state index < -0.39 is 5.97 Å². The van der Waals surface area contributed by atoms with Gasteiger partial charge in [0.25, 0.3) is 5.91 Å². The number of thiophene rings is 1. The van der Waals surface area contributed by atoms with Crippen LogP contribution in [0.5, 0.6) is 5.75 Å². The second-order valence-corrected chi connectivity index (χ2v) is 5.97. The van der Waals surface area contributed by atoms with Gasteiger partial charge in [0.1, 0.15) is 11.5 Å². The van der Waals surface area contributed by atoms with Gasteiger partial charge in [0, 0.05) is 6.08 Å². The minimum Gasteiger partial charge on any atom is -0.465 e. The highest BCUT2D eigenvalue weighted by Crippen LogP contribution is 2.13. The van der Waals surface area contributed by atoms with Crippen molar-refractivity contribution in [3.8, 4) is 5.75 Å². The predicted octanol–water partition coefficient (Wildman–Crippen LogP) is 3.72. The molecule has 0 unspecified atom stereocenters. The Bertz CT molecular complexity index is 928. The van der Waals surface area contributed by atoms with Gasteiger partial charge in [-0.15, -0.1) is 11.3 Å². The summed E-state index contributed by atoms with van der Waals surface area (Å²) in [7, 11) is 0. The molecule has 0 fully saturated rings. The Kier molecular flexibility index (Phi) is 5.74. The Morgan fingerprint density at radius 3 is 2.85 bits per heavy atom. The van der Waals surface area contributed by atoms with Crippen molar-refractivity contribution in [1.82, 2.24) is 5.43 Å². The van der Waals surface area contributed by atoms with Crippen molar-refractivity contribution in [2.45, 2.75) is 0 Å². The zero-order valence-electron chi connectivity index (χ0n) is 13.5. The lowest BCUT2D eigenvalue weighted by molar-refractivity contribution is -0.128. The first-order valence-corrected chi connectivity index (χ1v) is 8.49. The molecule has 1 amide bonds. The van der Waals surface area contributed by atoms with E-state index in [9.17, 15) is 9.59 Å². The molecule has 2 heterocycles. The number of hydrogen-bond donors (Lipinski definition) is 1. The van der Waals surface area contributed by atoms with Crippen LogP contribution in [0.25, 0.3) is 6.08 Å². The summed E-state index contributed by atoms with van der Waals surface area (Å²) in [6.45, 7) is 0. The summed E-state index contributed by atoms with van der Waals surface area (Å²) in [5.74, 6) is 0.125. The second kappa shape index (κ2) is 8.59. The van der Waals surface area contributed by atoms with Gasteiger partial charge >= 0.3 is 5.97 Å². The quantitative estimate of drug-likeness (QED) is 0.237. The molecule has 0 aliphatic heterocycles. The van der Waals surface area contributed by atoms with Crippen LogP contribution in [0.2, 0.25) is 0 Å². The fourth-order valence-electron chi connectivity index (χ4n) is 1.97. The molecular weight excluding hydrogens is 352 g/mol. The van der Waals surface area contributed by atoms with Gasteiger partial charge in [0.15, 0.2) is 0 Å². The molecule has 2 aromatic heterocycles. The van der Waals surface area contributed by atoms with E-state index in [0.717, 1.165) is 0 Å². The molecule has 3 aromatic rings. The number of esters is 1. The van der Waals surface area contributed by atoms with Gasteiger partial charge in [-0.1, -0.05) is 18.2 Å². The maximum atomic E-state index is 11.8. The van der Waals surface area contributed by atoms with Gasteiger partial charge in [-0.3, -0.25) is 4.79 Å². The third-order valence-corrected chi connectivity index (χ3v) is 4.00. The number of rotatable bonds is 6. The van der Waals surface area contributed by atoms with Crippen molar-refractivity contribution in [2.24, 2.45) is 5.10 Å². The third kappa shape index (κ3) is 5.02. The zero-order chi connectivity index (χ0) is 18.2. The van der Waals surface area contributed by atoms with Gasteiger partial charge in [-0.05, 0) is 47.4 Å². The lowest BCUT2D eigenvalue weighted by atomic mass is 10.2. The Hall–Kier alpha value is -3.45. The van der Waals surface area contributed by atoms with E-state index in [4.69, 9.17) is 9.15 Å². The topological polar surface area (TPSA) is 80.9 Å². The van der Waals surface area contributed by atoms with E-state index in [-0.39, 0.29) is 5.91 Å². The number of carbonyl (C=O) groups excluding carboxylic acids is 2. The smallest absolute Gasteiger partial charge is 0.336 e. The molecule has 0 aliphatic carbocycles. The van der Waals surface area contributed by atoms with E-state index in [2.05, 4.69) is 10.5 Å². The number of benzene rings is 1. The summed E-state index contributed by atoms with van der Waals surface area (Å²) in [5, 5.41) is 5.72. The lowest BCUT2D eigenvalue weighted by Crippen LogP contribution is -2.16. The molecule has 0 atom stereocenters. The molecule has 1 N–H and O–H groups in total. The van der Waals surface area contributed by atoms with Gasteiger partial charge in [-0.2, -0.15) is 5.10 Å². The van der Waals surface area contributed by atoms with Gasteiger partial charge in [0.2, 0.25) is 0 Å². The molecule has 6 nitrogen and oxygen atoms in total. The Morgan fingerprint density at radius 2 is 2.08 bits per heavy atom. The van der Waals surface area contributed by atoms with Crippen LogP contribution < -0.4 is 10.2 Å². The molecule has 1 aromatic carbocycles. The highest BCUT2D eigenvalue weighted by atomic mass is 32.1. The van der Waals surface area contributed by atoms with Crippen molar-refractivity contribution < 1.29 is 18.7 Å². The number of amides is 1. The number of hydrogen-bond acceptors (Lipinski definition) is 6. The fraction of sp³-hybridized carbons (Fsp3) is 0. The number of furan rings is 1. The zero-order valence-corrected chi connectivity index (χ0v) is 14.3. The van der Waals surface area contributed by atoms with Crippen molar-refractivity contribution in [3.05, 3.63) is 82.5 Å². The summed E-state index contributed by atoms with van der Waals surface area (Å²) in [4.78, 5) is 24.2. The molecule has 0 aliphatic rings. The van der Waals surface area contributed by atoms with Crippen LogP contribution >= 0.6 is 11.3 Å². The van der Waals surface area contributed by atoms with E-state index in [0.29, 0.717) is 22.0 Å². The van der Waals surface area contributed by atoms with Crippen LogP contribution in [0.1, 0.15) is 21.0 Å². The SMILES string of the molecule is O=C(C=Cc1ccco1)Oc1cccc(C=NNC(=O)c2cccs2)c1. The van der Waals surface area contributed by atoms with Crippen molar-refractivity contribution in [1.29, 1.82) is 0 Å². The fourth-order valence-corrected chi connectivity index (χ4v) is 2.59. The summed E-state index contributed by atoms with van der Waals surface area (Å²) < 4.78 is 10.3. The van der Waals surface area contributed by atoms with Crippen LogP contribution in [-0.4, -0.2) is 18.1 Å². The summed E-state index contributed by atoms with van der Waals surface area (Å²) in [5.41, 5.74) is 3.12. The van der Waals surface area contributed by atoms with Crippen molar-refractivity contribution in [3.63, 3.8) is 0 Å². The number of hydrazone groups is 1. The highest BCUT2D eigenvalue weighted by Gasteiger charge is 2.04. The van der Waals surface area contributed by atoms with Crippen LogP contribution in [0.3, 0.4) is 0 Å². The predicted molar refractivity (Wildman–Crippen MR) is 99.2 cm³/mol. The maximum absolute atomic E-state index is 11.8. The molecule has 7 heteroatoms. The molecule has 130 valence electrons. The average molecular weight is 366 g/mol. The van der Waals surface area contributed by atoms with Crippen molar-refractivity contribution >= 4 is 35.5 Å². The normalized spacial score (nSPS) is 11.1. The largest absolute Gasteiger partial charge is 0.465 e. The first-order valence-electron chi connectivity index (χ1n) is 7.61. The van der Waals surface area contributed by atoms with Crippen molar-refractivity contribution in [2.75, 3.05) is 0 Å². The van der Waals surface area contributed by atoms with E-state index in [1.807, 2.05) is 5.38 Å². The molecule has 3 rings (SSSR count). The lowest BCUT2D eigenvalue weighted by Gasteiger charge is -2.02. The molecule has 26 heavy (non-hydrogen) atoms. The number of nitrogens with one attached hydrogen (secondary N) is 1. The molecule has 0 bridgehead atoms. The second-order valence-electron chi connectivity index (χ2n) is 5.02. The summed E-state index contributed by atoms with van der Waals surface area (Å²) in [6, 6.07) is 13.8. The summed E-state index contributed by atoms with van der Waals surface area (Å²) >= 11 is 1.33. The van der Waals surface area contributed by atoms with E-state index in [1.54, 1.807) is 48.5 Å². The average Bonchev–Trinajstić information content (AvgIpc) is 3.34. The Morgan fingerprint density at radius 1 is 1.15 bits per heavy atom. The van der Waals surface area contributed by atoms with Gasteiger partial charge in [-0.25, -0.2) is 10.2 Å². The molecular formula is C19H14N2O4S. The van der Waals surface area contributed by atoms with Gasteiger partial charge in [0.05, 0.1) is 17.4 Å². The molecule has 0 saturated carbocycles. The number of carbonyl (C=O) groups is 2. The first-order chi connectivity index (χ1) is 12.7. The molecule has 0 saturated heterocycles. The molecule has 0 spiro atoms. The Labute approximate surface area is 153 Å². The monoisotopic (exact) mass is 366 g/mol. The first kappa shape index (κ1) is 17.4. The molecule has 0 radical (unpaired) electrons.